The van der Waals surface area contributed by atoms with Crippen LogP contribution >= 0.6 is 12.4 Å². The van der Waals surface area contributed by atoms with E-state index < -0.39 is 0 Å². The van der Waals surface area contributed by atoms with Gasteiger partial charge in [0.2, 0.25) is 0 Å². The Bertz CT molecular complexity index is 83.1. The molecule has 0 saturated carbocycles. The highest BCUT2D eigenvalue weighted by atomic mass is 35.5. The van der Waals surface area contributed by atoms with Gasteiger partial charge in [-0.15, -0.1) is 12.4 Å². The van der Waals surface area contributed by atoms with Gasteiger partial charge in [0.1, 0.15) is 5.78 Å². The first-order chi connectivity index (χ1) is 3.66. The first-order valence-electron chi connectivity index (χ1n) is 2.83. The van der Waals surface area contributed by atoms with Crippen LogP contribution in [0.25, 0.3) is 0 Å². The number of rotatable bonds is 3. The van der Waals surface area contributed by atoms with Crippen LogP contribution in [0.15, 0.2) is 0 Å². The van der Waals surface area contributed by atoms with E-state index in [2.05, 4.69) is 0 Å². The van der Waals surface area contributed by atoms with Crippen molar-refractivity contribution in [3.8, 4) is 0 Å². The molecule has 2 nitrogen and oxygen atoms in total. The van der Waals surface area contributed by atoms with E-state index >= 15 is 0 Å². The molecule has 0 atom stereocenters. The van der Waals surface area contributed by atoms with Crippen molar-refractivity contribution < 1.29 is 4.79 Å². The van der Waals surface area contributed by atoms with Crippen molar-refractivity contribution in [2.45, 2.75) is 13.3 Å². The van der Waals surface area contributed by atoms with Gasteiger partial charge in [-0.1, -0.05) is 6.92 Å². The third kappa shape index (κ3) is 7.92. The molecule has 0 aliphatic rings. The molecule has 0 N–H and O–H groups in total. The van der Waals surface area contributed by atoms with Crippen LogP contribution in [0.2, 0.25) is 0 Å². The van der Waals surface area contributed by atoms with E-state index in [1.54, 1.807) is 0 Å². The maximum absolute atomic E-state index is 10.6. The molecular weight excluding hydrogens is 138 g/mol. The Morgan fingerprint density at radius 3 is 2.00 bits per heavy atom. The number of likely N-dealkylation sites (N-methyl/N-ethyl adjacent to an activating group) is 1. The Kier molecular flexibility index (Phi) is 7.85. The molecule has 0 aromatic heterocycles. The highest BCUT2D eigenvalue weighted by Gasteiger charge is 1.96. The summed E-state index contributed by atoms with van der Waals surface area (Å²) in [5.41, 5.74) is 0. The Hall–Kier alpha value is -0.0800. The molecule has 0 aromatic rings. The van der Waals surface area contributed by atoms with Gasteiger partial charge in [-0.2, -0.15) is 0 Å². The molecule has 0 aliphatic heterocycles. The molecule has 0 aromatic carbocycles. The van der Waals surface area contributed by atoms with Gasteiger partial charge in [-0.25, -0.2) is 0 Å². The van der Waals surface area contributed by atoms with E-state index in [0.29, 0.717) is 18.7 Å². The van der Waals surface area contributed by atoms with E-state index in [0.717, 1.165) is 0 Å². The van der Waals surface area contributed by atoms with E-state index in [9.17, 15) is 4.79 Å². The lowest BCUT2D eigenvalue weighted by Crippen LogP contribution is -2.20. The second kappa shape index (κ2) is 6.05. The van der Waals surface area contributed by atoms with Gasteiger partial charge < -0.3 is 4.90 Å². The fourth-order valence-corrected chi connectivity index (χ4v) is 0.465. The van der Waals surface area contributed by atoms with Crippen molar-refractivity contribution in [1.82, 2.24) is 4.90 Å². The zero-order valence-corrected chi connectivity index (χ0v) is 6.99. The minimum absolute atomic E-state index is 0. The second-order valence-corrected chi connectivity index (χ2v) is 2.13. The van der Waals surface area contributed by atoms with Crippen LogP contribution in [0.5, 0.6) is 0 Å². The number of hydrogen-bond donors (Lipinski definition) is 0. The molecule has 56 valence electrons. The van der Waals surface area contributed by atoms with Crippen LogP contribution in [-0.4, -0.2) is 31.3 Å². The van der Waals surface area contributed by atoms with Gasteiger partial charge in [0.05, 0.1) is 6.54 Å². The van der Waals surface area contributed by atoms with Gasteiger partial charge in [-0.05, 0) is 14.1 Å². The Morgan fingerprint density at radius 1 is 1.44 bits per heavy atom. The van der Waals surface area contributed by atoms with E-state index in [1.807, 2.05) is 25.9 Å². The summed E-state index contributed by atoms with van der Waals surface area (Å²) in [5.74, 6) is 0.301. The number of ketones is 1. The zero-order chi connectivity index (χ0) is 6.57. The second-order valence-electron chi connectivity index (χ2n) is 2.13. The van der Waals surface area contributed by atoms with Crippen LogP contribution in [0.3, 0.4) is 0 Å². The van der Waals surface area contributed by atoms with Crippen LogP contribution in [0, 0.1) is 0 Å². The number of halogens is 1. The fraction of sp³-hybridized carbons (Fsp3) is 0.833. The summed E-state index contributed by atoms with van der Waals surface area (Å²) in [5, 5.41) is 0. The van der Waals surface area contributed by atoms with Gasteiger partial charge in [0.15, 0.2) is 0 Å². The monoisotopic (exact) mass is 151 g/mol. The SMILES string of the molecule is CCC(=O)CN(C)C.Cl. The van der Waals surface area contributed by atoms with E-state index in [-0.39, 0.29) is 12.4 Å². The Morgan fingerprint density at radius 2 is 1.89 bits per heavy atom. The minimum atomic E-state index is 0. The number of hydrogen-bond acceptors (Lipinski definition) is 2. The molecule has 0 rings (SSSR count). The highest BCUT2D eigenvalue weighted by molar-refractivity contribution is 5.85. The molecule has 0 amide bonds. The molecule has 0 radical (unpaired) electrons. The lowest BCUT2D eigenvalue weighted by Gasteiger charge is -2.05. The third-order valence-corrected chi connectivity index (χ3v) is 0.887. The van der Waals surface area contributed by atoms with Crippen molar-refractivity contribution in [1.29, 1.82) is 0 Å². The lowest BCUT2D eigenvalue weighted by atomic mass is 10.3. The van der Waals surface area contributed by atoms with Gasteiger partial charge in [-0.3, -0.25) is 4.79 Å². The molecule has 0 saturated heterocycles. The van der Waals surface area contributed by atoms with E-state index in [4.69, 9.17) is 0 Å². The maximum atomic E-state index is 10.6. The fourth-order valence-electron chi connectivity index (χ4n) is 0.465. The Labute approximate surface area is 62.6 Å². The van der Waals surface area contributed by atoms with Gasteiger partial charge >= 0.3 is 0 Å². The predicted molar refractivity (Wildman–Crippen MR) is 41.1 cm³/mol. The van der Waals surface area contributed by atoms with Crippen molar-refractivity contribution in [2.75, 3.05) is 20.6 Å². The van der Waals surface area contributed by atoms with Crippen molar-refractivity contribution in [3.05, 3.63) is 0 Å². The van der Waals surface area contributed by atoms with Crippen molar-refractivity contribution in [3.63, 3.8) is 0 Å². The average Bonchev–Trinajstić information content (AvgIpc) is 1.65. The average molecular weight is 152 g/mol. The first-order valence-corrected chi connectivity index (χ1v) is 2.83. The standard InChI is InChI=1S/C6H13NO.ClH/c1-4-6(8)5-7(2)3;/h4-5H2,1-3H3;1H. The molecule has 0 fully saturated rings. The maximum Gasteiger partial charge on any atom is 0.146 e. The summed E-state index contributed by atoms with van der Waals surface area (Å²) in [7, 11) is 3.79. The minimum Gasteiger partial charge on any atom is -0.302 e. The van der Waals surface area contributed by atoms with Gasteiger partial charge in [0, 0.05) is 6.42 Å². The number of carbonyl (C=O) groups is 1. The largest absolute Gasteiger partial charge is 0.302 e. The smallest absolute Gasteiger partial charge is 0.146 e. The van der Waals surface area contributed by atoms with Crippen molar-refractivity contribution in [2.24, 2.45) is 0 Å². The molecular formula is C6H14ClNO. The summed E-state index contributed by atoms with van der Waals surface area (Å²) >= 11 is 0. The van der Waals surface area contributed by atoms with E-state index in [1.165, 1.54) is 0 Å². The number of carbonyl (C=O) groups excluding carboxylic acids is 1. The molecule has 0 aliphatic carbocycles. The molecule has 0 unspecified atom stereocenters. The summed E-state index contributed by atoms with van der Waals surface area (Å²) in [6.45, 7) is 2.46. The summed E-state index contributed by atoms with van der Waals surface area (Å²) in [4.78, 5) is 12.5. The quantitative estimate of drug-likeness (QED) is 0.599. The summed E-state index contributed by atoms with van der Waals surface area (Å²) in [6, 6.07) is 0. The highest BCUT2D eigenvalue weighted by Crippen LogP contribution is 1.81. The summed E-state index contributed by atoms with van der Waals surface area (Å²) < 4.78 is 0. The number of Topliss-reactive ketones (excluding diaryl/α,β-unsaturated/α-hetero) is 1. The van der Waals surface area contributed by atoms with Crippen LogP contribution < -0.4 is 0 Å². The molecule has 0 heterocycles. The normalized spacial score (nSPS) is 8.89. The number of nitrogens with zero attached hydrogens (tertiary/aromatic N) is 1. The first kappa shape index (κ1) is 11.7. The molecule has 0 spiro atoms. The van der Waals surface area contributed by atoms with Gasteiger partial charge in [0.25, 0.3) is 0 Å². The van der Waals surface area contributed by atoms with Crippen LogP contribution in [-0.2, 0) is 4.79 Å². The topological polar surface area (TPSA) is 20.3 Å². The molecule has 3 heteroatoms. The lowest BCUT2D eigenvalue weighted by molar-refractivity contribution is -0.119. The molecule has 9 heavy (non-hydrogen) atoms. The third-order valence-electron chi connectivity index (χ3n) is 0.887. The summed E-state index contributed by atoms with van der Waals surface area (Å²) in [6.07, 6.45) is 0.651. The van der Waals surface area contributed by atoms with Crippen molar-refractivity contribution >= 4 is 18.2 Å². The Balaban J connectivity index is 0. The van der Waals surface area contributed by atoms with Crippen LogP contribution in [0.1, 0.15) is 13.3 Å². The molecule has 0 bridgehead atoms. The predicted octanol–water partition coefficient (Wildman–Crippen LogP) is 0.949. The van der Waals surface area contributed by atoms with Crippen LogP contribution in [0.4, 0.5) is 0 Å². The zero-order valence-electron chi connectivity index (χ0n) is 6.18.